The second-order valence-corrected chi connectivity index (χ2v) is 11.9. The van der Waals surface area contributed by atoms with Crippen LogP contribution < -0.4 is 30.2 Å². The van der Waals surface area contributed by atoms with Gasteiger partial charge in [0, 0.05) is 21.8 Å². The van der Waals surface area contributed by atoms with Crippen LogP contribution in [0.2, 0.25) is 0 Å². The predicted octanol–water partition coefficient (Wildman–Crippen LogP) is 6.86. The summed E-state index contributed by atoms with van der Waals surface area (Å²) in [6.45, 7) is 5.79. The van der Waals surface area contributed by atoms with E-state index in [1.165, 1.54) is 39.2 Å². The molecule has 0 aliphatic rings. The van der Waals surface area contributed by atoms with Crippen molar-refractivity contribution in [2.75, 3.05) is 32.0 Å². The summed E-state index contributed by atoms with van der Waals surface area (Å²) >= 11 is 1.36. The van der Waals surface area contributed by atoms with Crippen molar-refractivity contribution in [3.63, 3.8) is 0 Å². The third-order valence-corrected chi connectivity index (χ3v) is 7.88. The average molecular weight is 640 g/mol. The van der Waals surface area contributed by atoms with Crippen molar-refractivity contribution in [2.24, 2.45) is 0 Å². The van der Waals surface area contributed by atoms with Crippen molar-refractivity contribution in [1.82, 2.24) is 5.32 Å². The summed E-state index contributed by atoms with van der Waals surface area (Å²) in [7, 11) is 4.49. The number of amides is 3. The number of thioether (sulfide) groups is 1. The minimum Gasteiger partial charge on any atom is -0.493 e. The van der Waals surface area contributed by atoms with Crippen LogP contribution in [0.5, 0.6) is 17.2 Å². The lowest BCUT2D eigenvalue weighted by Gasteiger charge is -2.15. The molecule has 1 atom stereocenters. The molecule has 0 saturated heterocycles. The van der Waals surface area contributed by atoms with Crippen LogP contribution in [0.1, 0.15) is 34.0 Å². The lowest BCUT2D eigenvalue weighted by atomic mass is 10.1. The zero-order chi connectivity index (χ0) is 33.2. The Kier molecular flexibility index (Phi) is 11.5. The Labute approximate surface area is 273 Å². The molecule has 0 radical (unpaired) electrons. The van der Waals surface area contributed by atoms with E-state index in [0.717, 1.165) is 21.7 Å². The summed E-state index contributed by atoms with van der Waals surface area (Å²) in [5, 5.41) is 8.18. The Balaban J connectivity index is 1.56. The van der Waals surface area contributed by atoms with Gasteiger partial charge in [0.15, 0.2) is 11.5 Å². The number of nitrogens with one attached hydrogen (secondary N) is 3. The predicted molar refractivity (Wildman–Crippen MR) is 183 cm³/mol. The lowest BCUT2D eigenvalue weighted by molar-refractivity contribution is -0.115. The molecule has 238 valence electrons. The topological polar surface area (TPSA) is 115 Å². The number of rotatable bonds is 12. The first kappa shape index (κ1) is 33.7. The molecule has 0 heterocycles. The van der Waals surface area contributed by atoms with Crippen LogP contribution in [0.15, 0.2) is 95.5 Å². The van der Waals surface area contributed by atoms with E-state index in [0.29, 0.717) is 34.1 Å². The maximum atomic E-state index is 13.7. The molecule has 0 spiro atoms. The molecular weight excluding hydrogens is 602 g/mol. The normalized spacial score (nSPS) is 11.7. The van der Waals surface area contributed by atoms with Gasteiger partial charge in [0.2, 0.25) is 11.7 Å². The van der Waals surface area contributed by atoms with Crippen molar-refractivity contribution < 1.29 is 28.6 Å². The van der Waals surface area contributed by atoms with E-state index in [2.05, 4.69) is 16.0 Å². The van der Waals surface area contributed by atoms with Crippen molar-refractivity contribution in [3.05, 3.63) is 113 Å². The summed E-state index contributed by atoms with van der Waals surface area (Å²) in [5.74, 6) is 0.0322. The van der Waals surface area contributed by atoms with Crippen LogP contribution in [-0.2, 0) is 9.59 Å². The molecule has 4 rings (SSSR count). The number of aryl methyl sites for hydroxylation is 2. The molecule has 0 aliphatic heterocycles. The quantitative estimate of drug-likeness (QED) is 0.115. The summed E-state index contributed by atoms with van der Waals surface area (Å²) in [6.07, 6.45) is 1.53. The number of hydrogen-bond acceptors (Lipinski definition) is 7. The van der Waals surface area contributed by atoms with Gasteiger partial charge in [-0.05, 0) is 98.1 Å². The zero-order valence-electron chi connectivity index (χ0n) is 26.6. The fourth-order valence-electron chi connectivity index (χ4n) is 4.69. The van der Waals surface area contributed by atoms with Crippen molar-refractivity contribution in [2.45, 2.75) is 30.9 Å². The molecule has 3 N–H and O–H groups in total. The highest BCUT2D eigenvalue weighted by molar-refractivity contribution is 8.00. The Hall–Kier alpha value is -5.22. The van der Waals surface area contributed by atoms with E-state index < -0.39 is 17.1 Å². The average Bonchev–Trinajstić information content (AvgIpc) is 3.03. The van der Waals surface area contributed by atoms with E-state index in [-0.39, 0.29) is 11.6 Å². The van der Waals surface area contributed by atoms with Gasteiger partial charge >= 0.3 is 0 Å². The van der Waals surface area contributed by atoms with Crippen LogP contribution in [0, 0.1) is 13.8 Å². The molecule has 0 saturated carbocycles. The molecular formula is C36H37N3O6S. The number of hydrogen-bond donors (Lipinski definition) is 3. The summed E-state index contributed by atoms with van der Waals surface area (Å²) in [4.78, 5) is 40.5. The molecule has 1 unspecified atom stereocenters. The Morgan fingerprint density at radius 2 is 1.39 bits per heavy atom. The summed E-state index contributed by atoms with van der Waals surface area (Å²) in [6, 6.07) is 25.0. The van der Waals surface area contributed by atoms with Gasteiger partial charge in [0.25, 0.3) is 11.8 Å². The van der Waals surface area contributed by atoms with Crippen LogP contribution in [-0.4, -0.2) is 44.3 Å². The van der Waals surface area contributed by atoms with Crippen LogP contribution in [0.25, 0.3) is 6.08 Å². The standard InChI is InChI=1S/C36H37N3O6S/c1-22-15-23(2)17-28(16-22)38-34(40)24(3)46-29-14-10-13-27(21-29)37-36(42)30(39-35(41)26-11-8-7-9-12-26)18-25-19-31(43-4)33(45-6)32(20-25)44-5/h7-21,24H,1-6H3,(H,37,42)(H,38,40)(H,39,41)/b30-18+. The number of ether oxygens (including phenoxy) is 3. The third kappa shape index (κ3) is 8.92. The first-order chi connectivity index (χ1) is 22.1. The van der Waals surface area contributed by atoms with Crippen molar-refractivity contribution in [3.8, 4) is 17.2 Å². The first-order valence-corrected chi connectivity index (χ1v) is 15.3. The molecule has 0 aliphatic carbocycles. The lowest BCUT2D eigenvalue weighted by Crippen LogP contribution is -2.30. The monoisotopic (exact) mass is 639 g/mol. The zero-order valence-corrected chi connectivity index (χ0v) is 27.4. The summed E-state index contributed by atoms with van der Waals surface area (Å²) < 4.78 is 16.3. The van der Waals surface area contributed by atoms with E-state index >= 15 is 0 Å². The SMILES string of the molecule is COc1cc(/C=C(/NC(=O)c2ccccc2)C(=O)Nc2cccc(SC(C)C(=O)Nc3cc(C)cc(C)c3)c2)cc(OC)c1OC. The van der Waals surface area contributed by atoms with Gasteiger partial charge in [0.05, 0.1) is 26.6 Å². The maximum Gasteiger partial charge on any atom is 0.272 e. The molecule has 10 heteroatoms. The molecule has 0 fully saturated rings. The molecule has 0 aromatic heterocycles. The Morgan fingerprint density at radius 1 is 0.739 bits per heavy atom. The molecule has 4 aromatic carbocycles. The van der Waals surface area contributed by atoms with E-state index in [9.17, 15) is 14.4 Å². The van der Waals surface area contributed by atoms with Gasteiger partial charge in [-0.15, -0.1) is 11.8 Å². The maximum absolute atomic E-state index is 13.7. The summed E-state index contributed by atoms with van der Waals surface area (Å²) in [5.41, 5.74) is 4.28. The van der Waals surface area contributed by atoms with Crippen molar-refractivity contribution in [1.29, 1.82) is 0 Å². The van der Waals surface area contributed by atoms with Gasteiger partial charge < -0.3 is 30.2 Å². The molecule has 46 heavy (non-hydrogen) atoms. The van der Waals surface area contributed by atoms with E-state index in [1.54, 1.807) is 60.7 Å². The number of carbonyl (C=O) groups excluding carboxylic acids is 3. The van der Waals surface area contributed by atoms with Gasteiger partial charge in [-0.3, -0.25) is 14.4 Å². The molecule has 3 amide bonds. The third-order valence-electron chi connectivity index (χ3n) is 6.79. The largest absolute Gasteiger partial charge is 0.493 e. The van der Waals surface area contributed by atoms with Crippen LogP contribution in [0.3, 0.4) is 0 Å². The molecule has 4 aromatic rings. The molecule has 9 nitrogen and oxygen atoms in total. The smallest absolute Gasteiger partial charge is 0.272 e. The number of carbonyl (C=O) groups is 3. The second-order valence-electron chi connectivity index (χ2n) is 10.4. The Morgan fingerprint density at radius 3 is 2.00 bits per heavy atom. The molecule has 0 bridgehead atoms. The van der Waals surface area contributed by atoms with Crippen molar-refractivity contribution >= 4 is 46.9 Å². The number of benzene rings is 4. The number of methoxy groups -OCH3 is 3. The van der Waals surface area contributed by atoms with Crippen LogP contribution in [0.4, 0.5) is 11.4 Å². The van der Waals surface area contributed by atoms with E-state index in [1.807, 2.05) is 45.0 Å². The highest BCUT2D eigenvalue weighted by atomic mass is 32.2. The first-order valence-electron chi connectivity index (χ1n) is 14.5. The van der Waals surface area contributed by atoms with E-state index in [4.69, 9.17) is 14.2 Å². The highest BCUT2D eigenvalue weighted by Gasteiger charge is 2.19. The highest BCUT2D eigenvalue weighted by Crippen LogP contribution is 2.38. The van der Waals surface area contributed by atoms with Gasteiger partial charge in [-0.25, -0.2) is 0 Å². The fraction of sp³-hybridized carbons (Fsp3) is 0.194. The van der Waals surface area contributed by atoms with Gasteiger partial charge in [-0.2, -0.15) is 0 Å². The fourth-order valence-corrected chi connectivity index (χ4v) is 5.61. The van der Waals surface area contributed by atoms with Gasteiger partial charge in [0.1, 0.15) is 5.70 Å². The van der Waals surface area contributed by atoms with Crippen LogP contribution >= 0.6 is 11.8 Å². The minimum absolute atomic E-state index is 0.0117. The minimum atomic E-state index is -0.555. The Bertz CT molecular complexity index is 1710. The second kappa shape index (κ2) is 15.7. The number of anilines is 2. The van der Waals surface area contributed by atoms with Gasteiger partial charge in [-0.1, -0.05) is 30.3 Å².